The zero-order valence-electron chi connectivity index (χ0n) is 25.1. The van der Waals surface area contributed by atoms with Crippen molar-refractivity contribution in [3.63, 3.8) is 0 Å². The number of hydrogen-bond donors (Lipinski definition) is 0. The summed E-state index contributed by atoms with van der Waals surface area (Å²) in [5.41, 5.74) is 0. The fraction of sp³-hybridized carbons (Fsp3) is 1.00. The summed E-state index contributed by atoms with van der Waals surface area (Å²) in [5.74, 6) is -2.83. The van der Waals surface area contributed by atoms with Crippen molar-refractivity contribution in [1.82, 2.24) is 0 Å². The molecule has 2 atom stereocenters. The highest BCUT2D eigenvalue weighted by Gasteiger charge is 2.50. The van der Waals surface area contributed by atoms with Crippen molar-refractivity contribution in [2.45, 2.75) is 118 Å². The van der Waals surface area contributed by atoms with E-state index in [1.807, 2.05) is 41.5 Å². The first-order valence-electron chi connectivity index (χ1n) is 14.6. The number of rotatable bonds is 28. The summed E-state index contributed by atoms with van der Waals surface area (Å²) in [4.78, 5) is 0. The molecule has 0 radical (unpaired) electrons. The Morgan fingerprint density at radius 3 is 0.973 bits per heavy atom. The normalized spacial score (nSPS) is 14.3. The first-order chi connectivity index (χ1) is 18.0. The average molecular weight is 539 g/mol. The van der Waals surface area contributed by atoms with E-state index in [-0.39, 0.29) is 0 Å². The van der Waals surface area contributed by atoms with Crippen LogP contribution in [0.1, 0.15) is 93.9 Å². The topological polar surface area (TPSA) is 83.1 Å². The Balaban J connectivity index is 6.24. The lowest BCUT2D eigenvalue weighted by molar-refractivity contribution is -0.454. The predicted octanol–water partition coefficient (Wildman–Crippen LogP) is 5.68. The van der Waals surface area contributed by atoms with Gasteiger partial charge in [-0.1, -0.05) is 26.7 Å². The monoisotopic (exact) mass is 538 g/mol. The lowest BCUT2D eigenvalue weighted by atomic mass is 10.1. The summed E-state index contributed by atoms with van der Waals surface area (Å²) >= 11 is 0. The van der Waals surface area contributed by atoms with Gasteiger partial charge in [0.15, 0.2) is 0 Å². The second-order valence-electron chi connectivity index (χ2n) is 8.43. The minimum Gasteiger partial charge on any atom is -0.381 e. The van der Waals surface area contributed by atoms with Crippen LogP contribution >= 0.6 is 0 Å². The summed E-state index contributed by atoms with van der Waals surface area (Å²) in [7, 11) is 0. The van der Waals surface area contributed by atoms with Crippen molar-refractivity contribution in [3.05, 3.63) is 0 Å². The molecule has 9 heteroatoms. The molecule has 0 aromatic carbocycles. The predicted molar refractivity (Wildman–Crippen MR) is 145 cm³/mol. The molecule has 0 aromatic rings. The third-order valence-corrected chi connectivity index (χ3v) is 5.52. The largest absolute Gasteiger partial charge is 0.381 e. The average Bonchev–Trinajstić information content (AvgIpc) is 2.87. The molecule has 0 heterocycles. The van der Waals surface area contributed by atoms with E-state index in [9.17, 15) is 0 Å². The lowest BCUT2D eigenvalue weighted by Crippen LogP contribution is -2.58. The van der Waals surface area contributed by atoms with Crippen molar-refractivity contribution in [1.29, 1.82) is 0 Å². The van der Waals surface area contributed by atoms with Crippen molar-refractivity contribution in [2.24, 2.45) is 0 Å². The Morgan fingerprint density at radius 1 is 0.432 bits per heavy atom. The third kappa shape index (κ3) is 14.0. The van der Waals surface area contributed by atoms with E-state index in [2.05, 4.69) is 13.8 Å². The Hall–Kier alpha value is -0.360. The highest BCUT2D eigenvalue weighted by molar-refractivity contribution is 4.80. The Labute approximate surface area is 227 Å². The van der Waals surface area contributed by atoms with Crippen LogP contribution in [-0.2, 0) is 42.6 Å². The molecular formula is C28H58O9. The summed E-state index contributed by atoms with van der Waals surface area (Å²) in [6.45, 7) is 20.3. The standard InChI is InChI=1S/C28H58O9/c1-9-17-21-29-23-19-25(27(31-11-3,32-12-4)33-13-5)37-26(20-24-30-22-18-10-2)28(34-14-6,35-15-7)36-16-8/h25-26H,9-24H2,1-8H3. The zero-order chi connectivity index (χ0) is 27.8. The lowest BCUT2D eigenvalue weighted by Gasteiger charge is -2.44. The molecule has 0 aliphatic heterocycles. The van der Waals surface area contributed by atoms with Crippen LogP contribution in [0.5, 0.6) is 0 Å². The van der Waals surface area contributed by atoms with Crippen LogP contribution in [0.2, 0.25) is 0 Å². The van der Waals surface area contributed by atoms with Crippen LogP contribution in [0, 0.1) is 0 Å². The molecule has 0 aliphatic rings. The molecular weight excluding hydrogens is 480 g/mol. The van der Waals surface area contributed by atoms with Gasteiger partial charge >= 0.3 is 11.9 Å². The number of unbranched alkanes of at least 4 members (excludes halogenated alkanes) is 2. The second-order valence-corrected chi connectivity index (χ2v) is 8.43. The molecule has 2 unspecified atom stereocenters. The van der Waals surface area contributed by atoms with E-state index >= 15 is 0 Å². The van der Waals surface area contributed by atoms with Gasteiger partial charge < -0.3 is 42.6 Å². The van der Waals surface area contributed by atoms with E-state index in [1.54, 1.807) is 0 Å². The van der Waals surface area contributed by atoms with Gasteiger partial charge in [0, 0.05) is 78.9 Å². The third-order valence-electron chi connectivity index (χ3n) is 5.52. The maximum absolute atomic E-state index is 6.80. The van der Waals surface area contributed by atoms with Gasteiger partial charge in [0.05, 0.1) is 0 Å². The van der Waals surface area contributed by atoms with Gasteiger partial charge in [-0.25, -0.2) is 0 Å². The van der Waals surface area contributed by atoms with E-state index in [4.69, 9.17) is 42.6 Å². The second kappa shape index (κ2) is 23.5. The molecule has 0 aliphatic carbocycles. The molecule has 0 saturated heterocycles. The molecule has 9 nitrogen and oxygen atoms in total. The summed E-state index contributed by atoms with van der Waals surface area (Å²) in [5, 5.41) is 0. The van der Waals surface area contributed by atoms with Crippen molar-refractivity contribution >= 4 is 0 Å². The van der Waals surface area contributed by atoms with Crippen molar-refractivity contribution < 1.29 is 42.6 Å². The smallest absolute Gasteiger partial charge is 0.310 e. The molecule has 0 rings (SSSR count). The molecule has 0 saturated carbocycles. The van der Waals surface area contributed by atoms with Crippen LogP contribution < -0.4 is 0 Å². The minimum absolute atomic E-state index is 0.384. The number of ether oxygens (including phenoxy) is 9. The highest BCUT2D eigenvalue weighted by Crippen LogP contribution is 2.33. The summed E-state index contributed by atoms with van der Waals surface area (Å²) in [6.07, 6.45) is 3.82. The summed E-state index contributed by atoms with van der Waals surface area (Å²) in [6, 6.07) is 0. The fourth-order valence-electron chi connectivity index (χ4n) is 3.95. The van der Waals surface area contributed by atoms with Crippen molar-refractivity contribution in [2.75, 3.05) is 66.1 Å². The van der Waals surface area contributed by atoms with E-state index in [0.717, 1.165) is 25.7 Å². The molecule has 0 N–H and O–H groups in total. The van der Waals surface area contributed by atoms with Gasteiger partial charge in [0.2, 0.25) is 0 Å². The maximum atomic E-state index is 6.80. The van der Waals surface area contributed by atoms with E-state index < -0.39 is 24.2 Å². The van der Waals surface area contributed by atoms with Gasteiger partial charge in [-0.15, -0.1) is 0 Å². The molecule has 0 bridgehead atoms. The first-order valence-corrected chi connectivity index (χ1v) is 14.6. The zero-order valence-corrected chi connectivity index (χ0v) is 25.1. The Kier molecular flexibility index (Phi) is 23.3. The van der Waals surface area contributed by atoms with Crippen molar-refractivity contribution in [3.8, 4) is 0 Å². The van der Waals surface area contributed by atoms with Crippen LogP contribution in [0.3, 0.4) is 0 Å². The SMILES string of the molecule is CCCCOCCC(OC(CCOCCCC)C(OCC)(OCC)OCC)C(OCC)(OCC)OCC. The van der Waals surface area contributed by atoms with Crippen LogP contribution in [0.25, 0.3) is 0 Å². The quantitative estimate of drug-likeness (QED) is 0.0922. The van der Waals surface area contributed by atoms with Crippen LogP contribution in [0.15, 0.2) is 0 Å². The minimum atomic E-state index is -1.41. The molecule has 224 valence electrons. The summed E-state index contributed by atoms with van der Waals surface area (Å²) < 4.78 is 55.3. The van der Waals surface area contributed by atoms with Gasteiger partial charge in [-0.05, 0) is 54.4 Å². The maximum Gasteiger partial charge on any atom is 0.310 e. The molecule has 0 amide bonds. The number of hydrogen-bond acceptors (Lipinski definition) is 9. The van der Waals surface area contributed by atoms with Gasteiger partial charge in [-0.2, -0.15) is 0 Å². The Bertz CT molecular complexity index is 416. The van der Waals surface area contributed by atoms with E-state index in [0.29, 0.717) is 78.9 Å². The molecule has 0 spiro atoms. The van der Waals surface area contributed by atoms with Crippen LogP contribution in [0.4, 0.5) is 0 Å². The van der Waals surface area contributed by atoms with Crippen LogP contribution in [-0.4, -0.2) is 90.2 Å². The molecule has 0 fully saturated rings. The van der Waals surface area contributed by atoms with Gasteiger partial charge in [0.25, 0.3) is 0 Å². The van der Waals surface area contributed by atoms with Gasteiger partial charge in [0.1, 0.15) is 12.2 Å². The Morgan fingerprint density at radius 2 is 0.730 bits per heavy atom. The van der Waals surface area contributed by atoms with Gasteiger partial charge in [-0.3, -0.25) is 0 Å². The molecule has 0 aromatic heterocycles. The fourth-order valence-corrected chi connectivity index (χ4v) is 3.95. The highest BCUT2D eigenvalue weighted by atomic mass is 16.9. The van der Waals surface area contributed by atoms with E-state index in [1.165, 1.54) is 0 Å². The first kappa shape index (κ1) is 36.6. The molecule has 37 heavy (non-hydrogen) atoms.